The predicted molar refractivity (Wildman–Crippen MR) is 83.6 cm³/mol. The quantitative estimate of drug-likeness (QED) is 0.778. The number of hydrogen-bond acceptors (Lipinski definition) is 5. The first-order chi connectivity index (χ1) is 9.57. The maximum absolute atomic E-state index is 12.9. The topological polar surface area (TPSA) is 89.3 Å². The number of nitrogen functional groups attached to an aromatic ring is 1. The van der Waals surface area contributed by atoms with Crippen molar-refractivity contribution in [2.45, 2.75) is 43.9 Å². The molecule has 0 saturated carbocycles. The predicted octanol–water partition coefficient (Wildman–Crippen LogP) is 1.57. The van der Waals surface area contributed by atoms with Gasteiger partial charge in [-0.2, -0.15) is 0 Å². The molecule has 0 spiro atoms. The number of hydrogen-bond donors (Lipinski definition) is 2. The van der Waals surface area contributed by atoms with E-state index in [4.69, 9.17) is 5.73 Å². The standard InChI is InChI=1S/C15H23N2O3S/c1-10(2)14(18)15(3,4)21(19,20)13-8-6-7-12(16)11(13)9-17-5/h6,8,10,17H,9,16H2,1-5H3. The number of rotatable bonds is 6. The van der Waals surface area contributed by atoms with Crippen LogP contribution in [0, 0.1) is 12.0 Å². The summed E-state index contributed by atoms with van der Waals surface area (Å²) in [7, 11) is -2.15. The molecule has 0 aliphatic rings. The summed E-state index contributed by atoms with van der Waals surface area (Å²) in [6.07, 6.45) is 0. The minimum absolute atomic E-state index is 0.0899. The molecule has 1 aromatic carbocycles. The molecular weight excluding hydrogens is 288 g/mol. The number of anilines is 1. The highest BCUT2D eigenvalue weighted by molar-refractivity contribution is 7.93. The first kappa shape index (κ1) is 17.7. The molecule has 0 bridgehead atoms. The minimum Gasteiger partial charge on any atom is -0.398 e. The van der Waals surface area contributed by atoms with Crippen molar-refractivity contribution in [1.29, 1.82) is 0 Å². The zero-order chi connectivity index (χ0) is 16.4. The summed E-state index contributed by atoms with van der Waals surface area (Å²) in [5, 5.41) is 2.89. The van der Waals surface area contributed by atoms with E-state index in [0.29, 0.717) is 12.1 Å². The van der Waals surface area contributed by atoms with E-state index in [9.17, 15) is 13.2 Å². The number of benzene rings is 1. The fraction of sp³-hybridized carbons (Fsp3) is 0.533. The van der Waals surface area contributed by atoms with E-state index < -0.39 is 14.6 Å². The number of Topliss-reactive ketones (excluding diaryl/α,β-unsaturated/α-hetero) is 1. The van der Waals surface area contributed by atoms with E-state index in [1.165, 1.54) is 26.0 Å². The van der Waals surface area contributed by atoms with Crippen molar-refractivity contribution in [3.05, 3.63) is 23.8 Å². The van der Waals surface area contributed by atoms with Crippen LogP contribution in [0.25, 0.3) is 0 Å². The lowest BCUT2D eigenvalue weighted by atomic mass is 9.98. The van der Waals surface area contributed by atoms with Gasteiger partial charge in [0.15, 0.2) is 15.6 Å². The van der Waals surface area contributed by atoms with Crippen LogP contribution in [0.15, 0.2) is 17.0 Å². The van der Waals surface area contributed by atoms with Gasteiger partial charge in [-0.15, -0.1) is 0 Å². The summed E-state index contributed by atoms with van der Waals surface area (Å²) in [5.74, 6) is -0.681. The molecule has 1 radical (unpaired) electrons. The second-order valence-corrected chi connectivity index (χ2v) is 8.26. The van der Waals surface area contributed by atoms with Gasteiger partial charge in [0, 0.05) is 29.8 Å². The summed E-state index contributed by atoms with van der Waals surface area (Å²) in [5.41, 5.74) is 6.56. The lowest BCUT2D eigenvalue weighted by Crippen LogP contribution is -2.43. The summed E-state index contributed by atoms with van der Waals surface area (Å²) in [6, 6.07) is 5.71. The molecule has 0 atom stereocenters. The van der Waals surface area contributed by atoms with Gasteiger partial charge >= 0.3 is 0 Å². The SMILES string of the molecule is CNCc1c(N)[c]ccc1S(=O)(=O)C(C)(C)C(=O)C(C)C. The lowest BCUT2D eigenvalue weighted by Gasteiger charge is -2.26. The number of carbonyl (C=O) groups excluding carboxylic acids is 1. The molecule has 0 heterocycles. The van der Waals surface area contributed by atoms with Gasteiger partial charge in [-0.25, -0.2) is 8.42 Å². The number of sulfone groups is 1. The lowest BCUT2D eigenvalue weighted by molar-refractivity contribution is -0.123. The Balaban J connectivity index is 3.52. The largest absolute Gasteiger partial charge is 0.398 e. The number of carbonyl (C=O) groups is 1. The van der Waals surface area contributed by atoms with E-state index in [1.54, 1.807) is 20.9 Å². The van der Waals surface area contributed by atoms with Crippen LogP contribution >= 0.6 is 0 Å². The summed E-state index contributed by atoms with van der Waals surface area (Å²) in [4.78, 5) is 12.4. The van der Waals surface area contributed by atoms with Crippen LogP contribution in [0.3, 0.4) is 0 Å². The molecule has 6 heteroatoms. The third-order valence-electron chi connectivity index (χ3n) is 3.53. The Morgan fingerprint density at radius 2 is 2.00 bits per heavy atom. The molecule has 0 aromatic heterocycles. The van der Waals surface area contributed by atoms with Gasteiger partial charge in [0.05, 0.1) is 4.90 Å². The van der Waals surface area contributed by atoms with Gasteiger partial charge < -0.3 is 11.1 Å². The number of ketones is 1. The molecule has 5 nitrogen and oxygen atoms in total. The van der Waals surface area contributed by atoms with Gasteiger partial charge in [-0.3, -0.25) is 4.79 Å². The molecular formula is C15H23N2O3S. The normalized spacial score (nSPS) is 12.7. The zero-order valence-electron chi connectivity index (χ0n) is 13.1. The monoisotopic (exact) mass is 311 g/mol. The van der Waals surface area contributed by atoms with E-state index in [0.717, 1.165) is 0 Å². The first-order valence-electron chi connectivity index (χ1n) is 6.80. The molecule has 117 valence electrons. The Hall–Kier alpha value is -1.40. The molecule has 0 aliphatic heterocycles. The van der Waals surface area contributed by atoms with Crippen molar-refractivity contribution in [2.24, 2.45) is 5.92 Å². The van der Waals surface area contributed by atoms with Crippen molar-refractivity contribution in [2.75, 3.05) is 12.8 Å². The molecule has 0 unspecified atom stereocenters. The molecule has 3 N–H and O–H groups in total. The van der Waals surface area contributed by atoms with Crippen LogP contribution in [0.1, 0.15) is 33.3 Å². The Morgan fingerprint density at radius 3 is 2.48 bits per heavy atom. The van der Waals surface area contributed by atoms with E-state index in [-0.39, 0.29) is 22.3 Å². The average molecular weight is 311 g/mol. The highest BCUT2D eigenvalue weighted by Gasteiger charge is 2.44. The second kappa shape index (κ2) is 6.15. The number of nitrogens with one attached hydrogen (secondary N) is 1. The fourth-order valence-electron chi connectivity index (χ4n) is 2.24. The highest BCUT2D eigenvalue weighted by atomic mass is 32.2. The smallest absolute Gasteiger partial charge is 0.191 e. The van der Waals surface area contributed by atoms with Gasteiger partial charge in [-0.1, -0.05) is 19.9 Å². The third-order valence-corrected chi connectivity index (χ3v) is 6.04. The van der Waals surface area contributed by atoms with Crippen molar-refractivity contribution >= 4 is 21.3 Å². The Kier molecular flexibility index (Phi) is 5.17. The fourth-order valence-corrected chi connectivity index (χ4v) is 4.05. The van der Waals surface area contributed by atoms with Crippen molar-refractivity contribution in [1.82, 2.24) is 5.32 Å². The molecule has 0 aliphatic carbocycles. The highest BCUT2D eigenvalue weighted by Crippen LogP contribution is 2.32. The Morgan fingerprint density at radius 1 is 1.43 bits per heavy atom. The molecule has 0 fully saturated rings. The molecule has 1 rings (SSSR count). The van der Waals surface area contributed by atoms with Crippen molar-refractivity contribution in [3.63, 3.8) is 0 Å². The maximum atomic E-state index is 12.9. The van der Waals surface area contributed by atoms with E-state index in [1.807, 2.05) is 0 Å². The Labute approximate surface area is 126 Å². The Bertz CT molecular complexity index is 634. The summed E-state index contributed by atoms with van der Waals surface area (Å²) >= 11 is 0. The average Bonchev–Trinajstić information content (AvgIpc) is 2.39. The van der Waals surface area contributed by atoms with Gasteiger partial charge in [0.1, 0.15) is 4.75 Å². The van der Waals surface area contributed by atoms with Crippen molar-refractivity contribution in [3.8, 4) is 0 Å². The zero-order valence-corrected chi connectivity index (χ0v) is 14.0. The van der Waals surface area contributed by atoms with Crippen LogP contribution in [0.5, 0.6) is 0 Å². The van der Waals surface area contributed by atoms with E-state index in [2.05, 4.69) is 11.4 Å². The van der Waals surface area contributed by atoms with Crippen LogP contribution in [-0.2, 0) is 21.2 Å². The minimum atomic E-state index is -3.85. The van der Waals surface area contributed by atoms with Crippen LogP contribution in [0.2, 0.25) is 0 Å². The van der Waals surface area contributed by atoms with Gasteiger partial charge in [0.2, 0.25) is 0 Å². The molecule has 1 aromatic rings. The molecule has 0 saturated heterocycles. The van der Waals surface area contributed by atoms with Crippen LogP contribution in [0.4, 0.5) is 5.69 Å². The van der Waals surface area contributed by atoms with Crippen molar-refractivity contribution < 1.29 is 13.2 Å². The third kappa shape index (κ3) is 3.11. The van der Waals surface area contributed by atoms with E-state index >= 15 is 0 Å². The molecule has 0 amide bonds. The van der Waals surface area contributed by atoms with Gasteiger partial charge in [-0.05, 0) is 27.0 Å². The first-order valence-corrected chi connectivity index (χ1v) is 8.28. The van der Waals surface area contributed by atoms with Crippen LogP contribution < -0.4 is 11.1 Å². The number of nitrogens with two attached hydrogens (primary N) is 1. The van der Waals surface area contributed by atoms with Crippen LogP contribution in [-0.4, -0.2) is 26.0 Å². The summed E-state index contributed by atoms with van der Waals surface area (Å²) < 4.78 is 24.4. The second-order valence-electron chi connectivity index (χ2n) is 5.80. The molecule has 21 heavy (non-hydrogen) atoms. The summed E-state index contributed by atoms with van der Waals surface area (Å²) in [6.45, 7) is 6.58. The maximum Gasteiger partial charge on any atom is 0.191 e. The van der Waals surface area contributed by atoms with Gasteiger partial charge in [0.25, 0.3) is 0 Å².